The Bertz CT molecular complexity index is 1350. The first-order chi connectivity index (χ1) is 17.4. The third-order valence-corrected chi connectivity index (χ3v) is 5.88. The summed E-state index contributed by atoms with van der Waals surface area (Å²) in [6.07, 6.45) is 4.39. The fourth-order valence-corrected chi connectivity index (χ4v) is 3.89. The number of carbonyl (C=O) groups is 2. The van der Waals surface area contributed by atoms with E-state index in [4.69, 9.17) is 16.3 Å². The van der Waals surface area contributed by atoms with Crippen LogP contribution in [0.5, 0.6) is 0 Å². The zero-order valence-corrected chi connectivity index (χ0v) is 20.1. The number of pyridine rings is 1. The smallest absolute Gasteiger partial charge is 0.412 e. The molecule has 186 valence electrons. The summed E-state index contributed by atoms with van der Waals surface area (Å²) in [5.41, 5.74) is 4.19. The molecule has 0 fully saturated rings. The van der Waals surface area contributed by atoms with E-state index in [0.717, 1.165) is 16.5 Å². The van der Waals surface area contributed by atoms with E-state index in [1.54, 1.807) is 24.5 Å². The second-order valence-corrected chi connectivity index (χ2v) is 8.39. The molecule has 2 aromatic heterocycles. The Labute approximate surface area is 211 Å². The molecule has 0 unspecified atom stereocenters. The summed E-state index contributed by atoms with van der Waals surface area (Å²) in [5, 5.41) is 5.78. The van der Waals surface area contributed by atoms with Crippen molar-refractivity contribution in [2.45, 2.75) is 25.9 Å². The largest absolute Gasteiger partial charge is 0.447 e. The van der Waals surface area contributed by atoms with Crippen LogP contribution in [0.3, 0.4) is 0 Å². The highest BCUT2D eigenvalue weighted by Crippen LogP contribution is 2.20. The predicted molar refractivity (Wildman–Crippen MR) is 134 cm³/mol. The van der Waals surface area contributed by atoms with E-state index >= 15 is 0 Å². The van der Waals surface area contributed by atoms with Gasteiger partial charge in [0.2, 0.25) is 5.91 Å². The van der Waals surface area contributed by atoms with Crippen molar-refractivity contribution < 1.29 is 18.7 Å². The number of hydrogen-bond acceptors (Lipinski definition) is 6. The van der Waals surface area contributed by atoms with E-state index in [9.17, 15) is 14.0 Å². The lowest BCUT2D eigenvalue weighted by Gasteiger charge is -2.31. The average Bonchev–Trinajstić information content (AvgIpc) is 3.38. The number of hydrazine groups is 1. The molecular formula is C25H24ClFN6O3. The van der Waals surface area contributed by atoms with Crippen molar-refractivity contribution in [2.24, 2.45) is 0 Å². The van der Waals surface area contributed by atoms with Gasteiger partial charge >= 0.3 is 6.09 Å². The van der Waals surface area contributed by atoms with Crippen LogP contribution in [-0.4, -0.2) is 44.6 Å². The third-order valence-electron chi connectivity index (χ3n) is 5.45. The number of nitrogens with zero attached hydrogens (tertiary/aromatic N) is 3. The molecule has 0 bridgehead atoms. The number of halogens is 2. The van der Waals surface area contributed by atoms with Crippen molar-refractivity contribution in [3.8, 4) is 0 Å². The zero-order chi connectivity index (χ0) is 25.5. The number of carbonyl (C=O) groups excluding carboxylic acids is 2. The van der Waals surface area contributed by atoms with Crippen molar-refractivity contribution in [3.05, 3.63) is 89.3 Å². The van der Waals surface area contributed by atoms with Crippen LogP contribution in [0.15, 0.2) is 67.3 Å². The molecule has 0 spiro atoms. The highest BCUT2D eigenvalue weighted by molar-refractivity contribution is 6.31. The van der Waals surface area contributed by atoms with E-state index in [1.165, 1.54) is 30.4 Å². The maximum Gasteiger partial charge on any atom is 0.412 e. The van der Waals surface area contributed by atoms with Crippen LogP contribution in [0, 0.1) is 5.82 Å². The van der Waals surface area contributed by atoms with Crippen LogP contribution < -0.4 is 10.7 Å². The monoisotopic (exact) mass is 510 g/mol. The molecule has 0 aliphatic rings. The Morgan fingerprint density at radius 2 is 1.97 bits per heavy atom. The molecule has 0 aliphatic carbocycles. The summed E-state index contributed by atoms with van der Waals surface area (Å²) < 4.78 is 19.3. The SMILES string of the molecule is CC(=O)N(NCc1cccc(F)c1Cl)[C@H](COC(=O)Nc1cc2ccccc2cn1)Cc1cnc[nH]1. The molecule has 1 atom stereocenters. The molecule has 2 aromatic carbocycles. The van der Waals surface area contributed by atoms with E-state index in [-0.39, 0.29) is 24.1 Å². The minimum atomic E-state index is -0.718. The number of H-pyrrole nitrogens is 1. The first-order valence-corrected chi connectivity index (χ1v) is 11.5. The van der Waals surface area contributed by atoms with E-state index in [1.807, 2.05) is 24.3 Å². The molecule has 11 heteroatoms. The van der Waals surface area contributed by atoms with Gasteiger partial charge in [0.1, 0.15) is 18.2 Å². The van der Waals surface area contributed by atoms with Crippen LogP contribution in [0.4, 0.5) is 15.0 Å². The van der Waals surface area contributed by atoms with E-state index in [0.29, 0.717) is 17.8 Å². The first-order valence-electron chi connectivity index (χ1n) is 11.1. The second-order valence-electron chi connectivity index (χ2n) is 8.01. The predicted octanol–water partition coefficient (Wildman–Crippen LogP) is 4.46. The standard InChI is InChI=1S/C25H24ClFN6O3/c1-16(34)33(31-12-19-7-4-8-22(27)24(19)26)21(10-20-13-28-15-30-20)14-36-25(35)32-23-9-17-5-2-3-6-18(17)11-29-23/h2-9,11,13,15,21,31H,10,12,14H2,1H3,(H,28,30)(H,29,32,35)/t21-/m0/s1. The number of nitrogens with one attached hydrogen (secondary N) is 3. The summed E-state index contributed by atoms with van der Waals surface area (Å²) in [6.45, 7) is 1.32. The molecule has 9 nitrogen and oxygen atoms in total. The summed E-state index contributed by atoms with van der Waals surface area (Å²) in [5.74, 6) is -0.542. The lowest BCUT2D eigenvalue weighted by molar-refractivity contribution is -0.136. The normalized spacial score (nSPS) is 11.8. The fourth-order valence-electron chi connectivity index (χ4n) is 3.69. The van der Waals surface area contributed by atoms with Gasteiger partial charge in [0.05, 0.1) is 17.4 Å². The lowest BCUT2D eigenvalue weighted by atomic mass is 10.1. The van der Waals surface area contributed by atoms with Crippen LogP contribution >= 0.6 is 11.6 Å². The number of rotatable bonds is 9. The van der Waals surface area contributed by atoms with Gasteiger partial charge < -0.3 is 9.72 Å². The van der Waals surface area contributed by atoms with Gasteiger partial charge in [-0.15, -0.1) is 0 Å². The van der Waals surface area contributed by atoms with Gasteiger partial charge in [-0.2, -0.15) is 0 Å². The Kier molecular flexibility index (Phi) is 8.09. The van der Waals surface area contributed by atoms with Gasteiger partial charge in [0.25, 0.3) is 0 Å². The number of anilines is 1. The number of ether oxygens (including phenoxy) is 1. The molecule has 4 aromatic rings. The highest BCUT2D eigenvalue weighted by Gasteiger charge is 2.24. The summed E-state index contributed by atoms with van der Waals surface area (Å²) in [7, 11) is 0. The van der Waals surface area contributed by atoms with Crippen LogP contribution in [0.1, 0.15) is 18.2 Å². The number of aromatic amines is 1. The van der Waals surface area contributed by atoms with Crippen LogP contribution in [0.25, 0.3) is 10.8 Å². The minimum absolute atomic E-state index is 0.0304. The molecule has 0 radical (unpaired) electrons. The minimum Gasteiger partial charge on any atom is -0.447 e. The summed E-state index contributed by atoms with van der Waals surface area (Å²) in [4.78, 5) is 36.3. The van der Waals surface area contributed by atoms with Gasteiger partial charge in [0, 0.05) is 43.4 Å². The van der Waals surface area contributed by atoms with Gasteiger partial charge in [-0.1, -0.05) is 48.0 Å². The number of hydrogen-bond donors (Lipinski definition) is 3. The number of fused-ring (bicyclic) bond motifs is 1. The Hall–Kier alpha value is -4.02. The Morgan fingerprint density at radius 3 is 2.72 bits per heavy atom. The molecule has 2 heterocycles. The number of benzene rings is 2. The van der Waals surface area contributed by atoms with Gasteiger partial charge in [-0.3, -0.25) is 15.1 Å². The van der Waals surface area contributed by atoms with Crippen molar-refractivity contribution in [2.75, 3.05) is 11.9 Å². The van der Waals surface area contributed by atoms with Gasteiger partial charge in [-0.25, -0.2) is 24.6 Å². The van der Waals surface area contributed by atoms with Gasteiger partial charge in [0.15, 0.2) is 0 Å². The molecule has 0 saturated heterocycles. The number of imidazole rings is 1. The number of aromatic nitrogens is 3. The average molecular weight is 511 g/mol. The van der Waals surface area contributed by atoms with Crippen molar-refractivity contribution in [1.82, 2.24) is 25.4 Å². The molecule has 4 rings (SSSR count). The molecular weight excluding hydrogens is 487 g/mol. The van der Waals surface area contributed by atoms with Crippen molar-refractivity contribution >= 4 is 40.2 Å². The third kappa shape index (κ3) is 6.35. The van der Waals surface area contributed by atoms with Crippen LogP contribution in [0.2, 0.25) is 5.02 Å². The van der Waals surface area contributed by atoms with Gasteiger partial charge in [-0.05, 0) is 23.1 Å². The Morgan fingerprint density at radius 1 is 1.17 bits per heavy atom. The molecule has 3 N–H and O–H groups in total. The van der Waals surface area contributed by atoms with Crippen LogP contribution in [-0.2, 0) is 22.5 Å². The van der Waals surface area contributed by atoms with E-state index < -0.39 is 18.0 Å². The second kappa shape index (κ2) is 11.6. The maximum absolute atomic E-state index is 13.8. The number of amides is 2. The van der Waals surface area contributed by atoms with Crippen molar-refractivity contribution in [1.29, 1.82) is 0 Å². The fraction of sp³-hybridized carbons (Fsp3) is 0.200. The molecule has 2 amide bonds. The highest BCUT2D eigenvalue weighted by atomic mass is 35.5. The van der Waals surface area contributed by atoms with Crippen molar-refractivity contribution in [3.63, 3.8) is 0 Å². The molecule has 0 aliphatic heterocycles. The quantitative estimate of drug-likeness (QED) is 0.286. The molecule has 36 heavy (non-hydrogen) atoms. The lowest BCUT2D eigenvalue weighted by Crippen LogP contribution is -2.51. The van der Waals surface area contributed by atoms with E-state index in [2.05, 4.69) is 25.7 Å². The molecule has 0 saturated carbocycles. The first kappa shape index (κ1) is 25.1. The summed E-state index contributed by atoms with van der Waals surface area (Å²) in [6, 6.07) is 13.2. The topological polar surface area (TPSA) is 112 Å². The zero-order valence-electron chi connectivity index (χ0n) is 19.4. The Balaban J connectivity index is 1.44. The maximum atomic E-state index is 13.8. The summed E-state index contributed by atoms with van der Waals surface area (Å²) >= 11 is 6.05.